The van der Waals surface area contributed by atoms with E-state index < -0.39 is 82.7 Å². The second-order valence-electron chi connectivity index (χ2n) is 22.1. The number of thioether (sulfide) groups is 1. The number of hydrazine groups is 1. The molecular formula is C59H93N7O13S2. The number of rotatable bonds is 39. The van der Waals surface area contributed by atoms with Crippen molar-refractivity contribution in [2.24, 2.45) is 35.5 Å². The fourth-order valence-electron chi connectivity index (χ4n) is 9.06. The molecule has 0 aliphatic rings. The number of thiazole rings is 1. The topological polar surface area (TPSA) is 266 Å². The van der Waals surface area contributed by atoms with Crippen LogP contribution in [0.1, 0.15) is 153 Å². The number of hydrogen-bond donors (Lipinski definition) is 4. The highest BCUT2D eigenvalue weighted by Gasteiger charge is 2.40. The summed E-state index contributed by atoms with van der Waals surface area (Å²) in [6, 6.07) is 6.68. The zero-order valence-corrected chi connectivity index (χ0v) is 52.3. The number of ether oxygens (including phenoxy) is 3. The van der Waals surface area contributed by atoms with Crippen LogP contribution in [0.4, 0.5) is 0 Å². The number of amides is 5. The number of hydrogen-bond acceptors (Lipinski definition) is 17. The summed E-state index contributed by atoms with van der Waals surface area (Å²) >= 11 is 2.36. The molecule has 4 N–H and O–H groups in total. The second-order valence-corrected chi connectivity index (χ2v) is 23.9. The molecule has 0 radical (unpaired) electrons. The van der Waals surface area contributed by atoms with Gasteiger partial charge in [-0.2, -0.15) is 11.8 Å². The van der Waals surface area contributed by atoms with Gasteiger partial charge < -0.3 is 29.7 Å². The second kappa shape index (κ2) is 36.2. The first kappa shape index (κ1) is 71.7. The molecule has 1 aromatic heterocycles. The van der Waals surface area contributed by atoms with Gasteiger partial charge >= 0.3 is 5.97 Å². The van der Waals surface area contributed by atoms with Crippen LogP contribution in [0, 0.1) is 42.4 Å². The number of unbranched alkanes of at least 4 members (excludes halogenated alkanes) is 1. The van der Waals surface area contributed by atoms with Gasteiger partial charge in [0.25, 0.3) is 5.91 Å². The highest BCUT2D eigenvalue weighted by molar-refractivity contribution is 7.99. The van der Waals surface area contributed by atoms with Crippen LogP contribution in [-0.4, -0.2) is 157 Å². The molecule has 0 saturated heterocycles. The van der Waals surface area contributed by atoms with Crippen LogP contribution in [0.5, 0.6) is 0 Å². The first-order chi connectivity index (χ1) is 38.1. The Balaban J connectivity index is 2.35. The quantitative estimate of drug-likeness (QED) is 0.0184. The van der Waals surface area contributed by atoms with Gasteiger partial charge in [0, 0.05) is 81.6 Å². The number of likely N-dealkylation sites (N-methyl/N-ethyl adjacent to an activating group) is 1. The number of carbonyl (C=O) groups excluding carboxylic acids is 10. The van der Waals surface area contributed by atoms with Crippen molar-refractivity contribution in [3.8, 4) is 0 Å². The molecule has 0 fully saturated rings. The highest BCUT2D eigenvalue weighted by atomic mass is 32.2. The minimum Gasteiger partial charge on any atom is -0.455 e. The SMILES string of the molecule is CCC(C)[C@H](CC(=O)C(C)(C)N(C)C)C(=O)N(CC)[C@H](C[C@@H](OC(C)=O)c1nc(C(=O)N[C@@H](Cc2ccc(C)cc2)CC(C)C(=O)CC(C)C(=O)C(=O)C(CCCCNC(=O)COCCOC)C(=O)NNC(=O)CSC)cs1)C(C)C. The Hall–Kier alpha value is -5.42. The maximum atomic E-state index is 14.7. The van der Waals surface area contributed by atoms with Crippen LogP contribution in [0.25, 0.3) is 0 Å². The molecular weight excluding hydrogens is 1080 g/mol. The monoisotopic (exact) mass is 1170 g/mol. The Morgan fingerprint density at radius 3 is 2.09 bits per heavy atom. The molecule has 1 heterocycles. The molecule has 22 heteroatoms. The number of aromatic nitrogens is 1. The van der Waals surface area contributed by atoms with E-state index in [0.29, 0.717) is 37.4 Å². The van der Waals surface area contributed by atoms with E-state index in [1.165, 1.54) is 32.7 Å². The van der Waals surface area contributed by atoms with Crippen LogP contribution in [-0.2, 0) is 63.8 Å². The normalized spacial score (nSPS) is 14.6. The van der Waals surface area contributed by atoms with Gasteiger partial charge in [-0.15, -0.1) is 11.3 Å². The molecule has 5 amide bonds. The van der Waals surface area contributed by atoms with Gasteiger partial charge in [-0.1, -0.05) is 84.2 Å². The number of nitrogens with zero attached hydrogens (tertiary/aromatic N) is 3. The molecule has 454 valence electrons. The predicted octanol–water partition coefficient (Wildman–Crippen LogP) is 6.46. The zero-order chi connectivity index (χ0) is 61.1. The van der Waals surface area contributed by atoms with E-state index in [1.807, 2.05) is 98.7 Å². The number of carbonyl (C=O) groups is 10. The Morgan fingerprint density at radius 1 is 0.840 bits per heavy atom. The van der Waals surface area contributed by atoms with Crippen molar-refractivity contribution >= 4 is 81.7 Å². The Bertz CT molecular complexity index is 2390. The Morgan fingerprint density at radius 2 is 1.51 bits per heavy atom. The largest absolute Gasteiger partial charge is 0.455 e. The molecule has 2 aromatic rings. The molecule has 1 aromatic carbocycles. The summed E-state index contributed by atoms with van der Waals surface area (Å²) in [6.07, 6.45) is 2.39. The van der Waals surface area contributed by atoms with Gasteiger partial charge in [0.1, 0.15) is 29.0 Å². The lowest BCUT2D eigenvalue weighted by Crippen LogP contribution is -2.51. The molecule has 0 bridgehead atoms. The van der Waals surface area contributed by atoms with Crippen LogP contribution in [0.15, 0.2) is 29.6 Å². The lowest BCUT2D eigenvalue weighted by Gasteiger charge is -2.39. The lowest BCUT2D eigenvalue weighted by atomic mass is 9.81. The standard InChI is InChI=1S/C59H93N7O13S2/c1-16-38(6)45(31-50(69)59(10,11)65(12)13)58(76)66(17-2)47(36(3)4)32-49(79-41(9)67)57-62-46(34-81-57)56(75)61-43(30-42-23-21-37(5)22-24-42)28-39(7)48(68)29-40(8)53(72)54(73)44(55(74)64-63-52(71)35-80-15)20-18-19-25-60-51(70)33-78-27-26-77-14/h21-24,34,36,38-40,43-45,47,49H,16-20,25-33,35H2,1-15H3,(H,60,70)(H,61,75)(H,63,71)(H,64,74)/t38?,39?,40?,43-,44?,45+,47-,49-/m1/s1. The smallest absolute Gasteiger partial charge is 0.303 e. The fraction of sp³-hybridized carbons (Fsp3) is 0.678. The summed E-state index contributed by atoms with van der Waals surface area (Å²) in [7, 11) is 5.19. The summed E-state index contributed by atoms with van der Waals surface area (Å²) in [5.41, 5.74) is 5.69. The summed E-state index contributed by atoms with van der Waals surface area (Å²) < 4.78 is 16.0. The number of Topliss-reactive ketones (excluding diaryl/α,β-unsaturated/α-hetero) is 4. The van der Waals surface area contributed by atoms with Gasteiger partial charge in [-0.05, 0) is 91.1 Å². The number of nitrogens with one attached hydrogen (secondary N) is 4. The number of esters is 1. The first-order valence-electron chi connectivity index (χ1n) is 28.1. The van der Waals surface area contributed by atoms with E-state index in [9.17, 15) is 47.9 Å². The van der Waals surface area contributed by atoms with E-state index in [2.05, 4.69) is 21.5 Å². The fourth-order valence-corrected chi connectivity index (χ4v) is 10.2. The van der Waals surface area contributed by atoms with Crippen LogP contribution >= 0.6 is 23.1 Å². The summed E-state index contributed by atoms with van der Waals surface area (Å²) in [4.78, 5) is 143. The van der Waals surface area contributed by atoms with Crippen molar-refractivity contribution < 1.29 is 62.2 Å². The van der Waals surface area contributed by atoms with Crippen molar-refractivity contribution in [1.29, 1.82) is 0 Å². The van der Waals surface area contributed by atoms with Crippen molar-refractivity contribution in [1.82, 2.24) is 36.3 Å². The minimum absolute atomic E-state index is 0.0364. The molecule has 0 aliphatic carbocycles. The summed E-state index contributed by atoms with van der Waals surface area (Å²) in [5, 5.41) is 7.68. The van der Waals surface area contributed by atoms with E-state index in [-0.39, 0.29) is 105 Å². The molecule has 0 saturated carbocycles. The van der Waals surface area contributed by atoms with Gasteiger partial charge in [0.05, 0.1) is 24.5 Å². The maximum absolute atomic E-state index is 14.7. The average molecular weight is 1170 g/mol. The van der Waals surface area contributed by atoms with E-state index in [0.717, 1.165) is 22.5 Å². The highest BCUT2D eigenvalue weighted by Crippen LogP contribution is 2.34. The third kappa shape index (κ3) is 24.1. The average Bonchev–Trinajstić information content (AvgIpc) is 3.95. The molecule has 20 nitrogen and oxygen atoms in total. The van der Waals surface area contributed by atoms with Crippen LogP contribution in [0.3, 0.4) is 0 Å². The number of aryl methyl sites for hydroxylation is 1. The minimum atomic E-state index is -1.48. The Labute approximate surface area is 488 Å². The van der Waals surface area contributed by atoms with Crippen LogP contribution in [0.2, 0.25) is 0 Å². The zero-order valence-electron chi connectivity index (χ0n) is 50.7. The van der Waals surface area contributed by atoms with E-state index in [1.54, 1.807) is 23.5 Å². The number of methoxy groups -OCH3 is 1. The summed E-state index contributed by atoms with van der Waals surface area (Å²) in [5.74, 6) is -9.40. The number of ketones is 4. The third-order valence-electron chi connectivity index (χ3n) is 14.9. The maximum Gasteiger partial charge on any atom is 0.303 e. The van der Waals surface area contributed by atoms with Gasteiger partial charge in [-0.3, -0.25) is 63.7 Å². The molecule has 0 aliphatic heterocycles. The van der Waals surface area contributed by atoms with Crippen molar-refractivity contribution in [2.75, 3.05) is 66.1 Å². The number of benzene rings is 1. The van der Waals surface area contributed by atoms with Crippen molar-refractivity contribution in [3.05, 3.63) is 51.5 Å². The molecule has 2 rings (SSSR count). The molecule has 8 atom stereocenters. The lowest BCUT2D eigenvalue weighted by molar-refractivity contribution is -0.150. The van der Waals surface area contributed by atoms with Gasteiger partial charge in [0.15, 0.2) is 11.9 Å². The van der Waals surface area contributed by atoms with E-state index in [4.69, 9.17) is 19.2 Å². The van der Waals surface area contributed by atoms with Gasteiger partial charge in [0.2, 0.25) is 35.2 Å². The summed E-state index contributed by atoms with van der Waals surface area (Å²) in [6.45, 7) is 20.9. The predicted molar refractivity (Wildman–Crippen MR) is 314 cm³/mol. The molecule has 4 unspecified atom stereocenters. The van der Waals surface area contributed by atoms with Crippen molar-refractivity contribution in [3.63, 3.8) is 0 Å². The molecule has 81 heavy (non-hydrogen) atoms. The van der Waals surface area contributed by atoms with E-state index >= 15 is 0 Å². The first-order valence-corrected chi connectivity index (χ1v) is 30.4. The van der Waals surface area contributed by atoms with Crippen LogP contribution < -0.4 is 21.5 Å². The Kier molecular flexibility index (Phi) is 32.1. The van der Waals surface area contributed by atoms with Gasteiger partial charge in [-0.25, -0.2) is 4.98 Å². The molecule has 0 spiro atoms. The van der Waals surface area contributed by atoms with Crippen molar-refractivity contribution in [2.45, 2.75) is 158 Å². The third-order valence-corrected chi connectivity index (χ3v) is 16.4.